The molecule has 1 aromatic carbocycles. The van der Waals surface area contributed by atoms with Gasteiger partial charge in [0.2, 0.25) is 0 Å². The highest BCUT2D eigenvalue weighted by atomic mass is 16.5. The van der Waals surface area contributed by atoms with Gasteiger partial charge in [0.1, 0.15) is 11.5 Å². The van der Waals surface area contributed by atoms with Crippen molar-refractivity contribution >= 4 is 0 Å². The third-order valence-electron chi connectivity index (χ3n) is 3.09. The van der Waals surface area contributed by atoms with Crippen LogP contribution in [0.2, 0.25) is 0 Å². The molecule has 88 valence electrons. The second-order valence-corrected chi connectivity index (χ2v) is 4.30. The molecule has 0 unspecified atom stereocenters. The van der Waals surface area contributed by atoms with Crippen LogP contribution in [0.4, 0.5) is 0 Å². The number of phenols is 1. The van der Waals surface area contributed by atoms with Gasteiger partial charge in [0.05, 0.1) is 25.3 Å². The topological polar surface area (TPSA) is 47.3 Å². The van der Waals surface area contributed by atoms with Gasteiger partial charge in [-0.05, 0) is 31.0 Å². The van der Waals surface area contributed by atoms with Crippen molar-refractivity contribution in [2.75, 3.05) is 7.11 Å². The molecule has 0 radical (unpaired) electrons. The quantitative estimate of drug-likeness (QED) is 0.881. The Labute approximate surface area is 99.5 Å². The van der Waals surface area contributed by atoms with Crippen molar-refractivity contribution in [2.45, 2.75) is 18.9 Å². The number of benzene rings is 1. The van der Waals surface area contributed by atoms with Crippen LogP contribution in [0.1, 0.15) is 18.9 Å². The molecule has 4 heteroatoms. The van der Waals surface area contributed by atoms with E-state index in [4.69, 9.17) is 4.74 Å². The first kappa shape index (κ1) is 10.2. The number of ether oxygens (including phenoxy) is 1. The minimum Gasteiger partial charge on any atom is -0.507 e. The summed E-state index contributed by atoms with van der Waals surface area (Å²) in [5.74, 6) is 0.995. The number of hydrogen-bond acceptors (Lipinski definition) is 3. The van der Waals surface area contributed by atoms with E-state index in [0.29, 0.717) is 6.04 Å². The van der Waals surface area contributed by atoms with E-state index in [1.807, 2.05) is 12.4 Å². The number of rotatable bonds is 3. The monoisotopic (exact) mass is 230 g/mol. The first-order valence-electron chi connectivity index (χ1n) is 5.69. The van der Waals surface area contributed by atoms with E-state index in [9.17, 15) is 5.11 Å². The summed E-state index contributed by atoms with van der Waals surface area (Å²) in [5.41, 5.74) is 1.72. The molecule has 0 amide bonds. The van der Waals surface area contributed by atoms with Gasteiger partial charge in [0.25, 0.3) is 0 Å². The van der Waals surface area contributed by atoms with E-state index in [-0.39, 0.29) is 5.75 Å². The summed E-state index contributed by atoms with van der Waals surface area (Å²) in [5, 5.41) is 9.93. The van der Waals surface area contributed by atoms with Crippen molar-refractivity contribution in [2.24, 2.45) is 0 Å². The number of methoxy groups -OCH3 is 1. The lowest BCUT2D eigenvalue weighted by Gasteiger charge is -2.09. The molecule has 1 aliphatic rings. The Morgan fingerprint density at radius 2 is 2.24 bits per heavy atom. The minimum atomic E-state index is 0.258. The number of imidazole rings is 1. The molecule has 1 aliphatic carbocycles. The van der Waals surface area contributed by atoms with Crippen molar-refractivity contribution in [3.8, 4) is 22.8 Å². The molecule has 0 atom stereocenters. The largest absolute Gasteiger partial charge is 0.507 e. The zero-order chi connectivity index (χ0) is 11.8. The van der Waals surface area contributed by atoms with E-state index >= 15 is 0 Å². The first-order valence-corrected chi connectivity index (χ1v) is 5.69. The second-order valence-electron chi connectivity index (χ2n) is 4.30. The molecule has 3 rings (SSSR count). The van der Waals surface area contributed by atoms with Crippen molar-refractivity contribution in [3.63, 3.8) is 0 Å². The summed E-state index contributed by atoms with van der Waals surface area (Å²) in [4.78, 5) is 4.17. The molecule has 1 N–H and O–H groups in total. The third-order valence-corrected chi connectivity index (χ3v) is 3.09. The van der Waals surface area contributed by atoms with Crippen molar-refractivity contribution in [1.82, 2.24) is 9.55 Å². The van der Waals surface area contributed by atoms with Gasteiger partial charge in [-0.1, -0.05) is 0 Å². The predicted molar refractivity (Wildman–Crippen MR) is 64.2 cm³/mol. The second kappa shape index (κ2) is 3.80. The maximum Gasteiger partial charge on any atom is 0.125 e. The Hall–Kier alpha value is -1.97. The molecule has 1 heterocycles. The molecular formula is C13H14N2O2. The Morgan fingerprint density at radius 1 is 1.41 bits per heavy atom. The summed E-state index contributed by atoms with van der Waals surface area (Å²) >= 11 is 0. The van der Waals surface area contributed by atoms with Crippen LogP contribution in [0.25, 0.3) is 11.3 Å². The summed E-state index contributed by atoms with van der Waals surface area (Å²) in [6, 6.07) is 5.78. The predicted octanol–water partition coefficient (Wildman–Crippen LogP) is 2.60. The number of phenolic OH excluding ortho intramolecular Hbond substituents is 1. The highest BCUT2D eigenvalue weighted by Gasteiger charge is 2.26. The molecule has 0 saturated heterocycles. The van der Waals surface area contributed by atoms with Gasteiger partial charge >= 0.3 is 0 Å². The maximum absolute atomic E-state index is 9.93. The fourth-order valence-electron chi connectivity index (χ4n) is 2.00. The van der Waals surface area contributed by atoms with Gasteiger partial charge < -0.3 is 14.4 Å². The summed E-state index contributed by atoms with van der Waals surface area (Å²) in [6.07, 6.45) is 5.99. The Bertz CT molecular complexity index is 544. The van der Waals surface area contributed by atoms with Crippen molar-refractivity contribution < 1.29 is 9.84 Å². The fourth-order valence-corrected chi connectivity index (χ4v) is 2.00. The van der Waals surface area contributed by atoms with Crippen LogP contribution in [-0.2, 0) is 0 Å². The van der Waals surface area contributed by atoms with Crippen LogP contribution in [-0.4, -0.2) is 21.8 Å². The van der Waals surface area contributed by atoms with Crippen molar-refractivity contribution in [1.29, 1.82) is 0 Å². The lowest BCUT2D eigenvalue weighted by atomic mass is 10.1. The highest BCUT2D eigenvalue weighted by Crippen LogP contribution is 2.40. The van der Waals surface area contributed by atoms with Crippen LogP contribution >= 0.6 is 0 Å². The lowest BCUT2D eigenvalue weighted by molar-refractivity contribution is 0.412. The molecule has 0 aliphatic heterocycles. The average Bonchev–Trinajstić information content (AvgIpc) is 3.08. The van der Waals surface area contributed by atoms with E-state index in [0.717, 1.165) is 17.0 Å². The summed E-state index contributed by atoms with van der Waals surface area (Å²) in [6.45, 7) is 0. The molecular weight excluding hydrogens is 216 g/mol. The van der Waals surface area contributed by atoms with Crippen LogP contribution in [0.15, 0.2) is 30.7 Å². The normalized spacial score (nSPS) is 14.9. The number of aromatic nitrogens is 2. The van der Waals surface area contributed by atoms with Crippen LogP contribution in [0.5, 0.6) is 11.5 Å². The Kier molecular flexibility index (Phi) is 2.28. The van der Waals surface area contributed by atoms with Gasteiger partial charge in [0, 0.05) is 11.6 Å². The molecule has 0 spiro atoms. The van der Waals surface area contributed by atoms with Gasteiger partial charge in [0.15, 0.2) is 0 Å². The Balaban J connectivity index is 2.10. The van der Waals surface area contributed by atoms with Crippen LogP contribution < -0.4 is 4.74 Å². The SMILES string of the molecule is COc1ccc(O)c(-c2cncn2C2CC2)c1. The van der Waals surface area contributed by atoms with E-state index < -0.39 is 0 Å². The smallest absolute Gasteiger partial charge is 0.125 e. The zero-order valence-corrected chi connectivity index (χ0v) is 9.63. The standard InChI is InChI=1S/C13H14N2O2/c1-17-10-4-5-13(16)11(6-10)12-7-14-8-15(12)9-2-3-9/h4-9,16H,2-3H2,1H3. The van der Waals surface area contributed by atoms with Gasteiger partial charge in [-0.15, -0.1) is 0 Å². The maximum atomic E-state index is 9.93. The first-order chi connectivity index (χ1) is 8.29. The molecule has 2 aromatic rings. The van der Waals surface area contributed by atoms with Gasteiger partial charge in [-0.25, -0.2) is 4.98 Å². The van der Waals surface area contributed by atoms with Gasteiger partial charge in [-0.3, -0.25) is 0 Å². The van der Waals surface area contributed by atoms with Crippen LogP contribution in [0.3, 0.4) is 0 Å². The Morgan fingerprint density at radius 3 is 2.94 bits per heavy atom. The number of hydrogen-bond donors (Lipinski definition) is 1. The summed E-state index contributed by atoms with van der Waals surface area (Å²) < 4.78 is 7.30. The number of aromatic hydroxyl groups is 1. The third kappa shape index (κ3) is 1.75. The zero-order valence-electron chi connectivity index (χ0n) is 9.63. The minimum absolute atomic E-state index is 0.258. The average molecular weight is 230 g/mol. The molecule has 0 bridgehead atoms. The summed E-state index contributed by atoms with van der Waals surface area (Å²) in [7, 11) is 1.62. The molecule has 1 fully saturated rings. The van der Waals surface area contributed by atoms with Gasteiger partial charge in [-0.2, -0.15) is 0 Å². The molecule has 17 heavy (non-hydrogen) atoms. The fraction of sp³-hybridized carbons (Fsp3) is 0.308. The lowest BCUT2D eigenvalue weighted by Crippen LogP contribution is -1.95. The van der Waals surface area contributed by atoms with Crippen molar-refractivity contribution in [3.05, 3.63) is 30.7 Å². The van der Waals surface area contributed by atoms with E-state index in [1.54, 1.807) is 25.4 Å². The molecule has 4 nitrogen and oxygen atoms in total. The van der Waals surface area contributed by atoms with E-state index in [1.165, 1.54) is 12.8 Å². The van der Waals surface area contributed by atoms with E-state index in [2.05, 4.69) is 9.55 Å². The molecule has 1 aromatic heterocycles. The number of nitrogens with zero attached hydrogens (tertiary/aromatic N) is 2. The van der Waals surface area contributed by atoms with Crippen LogP contribution in [0, 0.1) is 0 Å². The highest BCUT2D eigenvalue weighted by molar-refractivity contribution is 5.68. The molecule has 1 saturated carbocycles.